The number of fused-ring (bicyclic) bond motifs is 1. The maximum atomic E-state index is 12.2. The Morgan fingerprint density at radius 3 is 2.72 bits per heavy atom. The number of para-hydroxylation sites is 2. The SMILES string of the molecule is CCC(C)(C)NC(=O)C1CNc2ccccc2N1. The van der Waals surface area contributed by atoms with Crippen molar-refractivity contribution in [2.45, 2.75) is 38.8 Å². The number of hydrogen-bond acceptors (Lipinski definition) is 3. The van der Waals surface area contributed by atoms with Crippen molar-refractivity contribution in [1.29, 1.82) is 0 Å². The van der Waals surface area contributed by atoms with Gasteiger partial charge in [0.1, 0.15) is 6.04 Å². The van der Waals surface area contributed by atoms with Crippen molar-refractivity contribution in [3.63, 3.8) is 0 Å². The van der Waals surface area contributed by atoms with Crippen molar-refractivity contribution in [1.82, 2.24) is 5.32 Å². The van der Waals surface area contributed by atoms with Crippen LogP contribution in [-0.4, -0.2) is 24.0 Å². The first-order valence-electron chi connectivity index (χ1n) is 6.43. The molecule has 1 aromatic rings. The summed E-state index contributed by atoms with van der Waals surface area (Å²) in [5, 5.41) is 9.61. The Morgan fingerprint density at radius 2 is 2.06 bits per heavy atom. The van der Waals surface area contributed by atoms with Crippen LogP contribution in [0.4, 0.5) is 11.4 Å². The number of anilines is 2. The zero-order valence-corrected chi connectivity index (χ0v) is 11.2. The molecule has 1 aliphatic heterocycles. The van der Waals surface area contributed by atoms with Gasteiger partial charge in [-0.25, -0.2) is 0 Å². The molecule has 18 heavy (non-hydrogen) atoms. The summed E-state index contributed by atoms with van der Waals surface area (Å²) in [4.78, 5) is 12.2. The highest BCUT2D eigenvalue weighted by Gasteiger charge is 2.27. The predicted molar refractivity (Wildman–Crippen MR) is 74.9 cm³/mol. The van der Waals surface area contributed by atoms with Crippen LogP contribution in [0.2, 0.25) is 0 Å². The molecule has 0 spiro atoms. The van der Waals surface area contributed by atoms with Crippen LogP contribution in [0.3, 0.4) is 0 Å². The molecule has 0 aromatic heterocycles. The highest BCUT2D eigenvalue weighted by atomic mass is 16.2. The smallest absolute Gasteiger partial charge is 0.244 e. The molecule has 0 fully saturated rings. The lowest BCUT2D eigenvalue weighted by Crippen LogP contribution is -2.52. The van der Waals surface area contributed by atoms with E-state index in [4.69, 9.17) is 0 Å². The lowest BCUT2D eigenvalue weighted by Gasteiger charge is -2.31. The average molecular weight is 247 g/mol. The number of hydrogen-bond donors (Lipinski definition) is 3. The van der Waals surface area contributed by atoms with E-state index in [0.29, 0.717) is 6.54 Å². The molecule has 4 nitrogen and oxygen atoms in total. The molecule has 2 rings (SSSR count). The van der Waals surface area contributed by atoms with Crippen LogP contribution in [0.25, 0.3) is 0 Å². The van der Waals surface area contributed by atoms with Gasteiger partial charge in [-0.2, -0.15) is 0 Å². The molecule has 1 aromatic carbocycles. The molecule has 0 saturated carbocycles. The van der Waals surface area contributed by atoms with Crippen LogP contribution >= 0.6 is 0 Å². The lowest BCUT2D eigenvalue weighted by atomic mass is 10.0. The third kappa shape index (κ3) is 2.75. The van der Waals surface area contributed by atoms with Crippen molar-refractivity contribution in [2.24, 2.45) is 0 Å². The van der Waals surface area contributed by atoms with E-state index in [-0.39, 0.29) is 17.5 Å². The minimum absolute atomic E-state index is 0.0452. The summed E-state index contributed by atoms with van der Waals surface area (Å²) >= 11 is 0. The normalized spacial score (nSPS) is 18.3. The van der Waals surface area contributed by atoms with Gasteiger partial charge in [-0.1, -0.05) is 19.1 Å². The highest BCUT2D eigenvalue weighted by Crippen LogP contribution is 2.25. The maximum absolute atomic E-state index is 12.2. The van der Waals surface area contributed by atoms with Gasteiger partial charge in [-0.3, -0.25) is 4.79 Å². The summed E-state index contributed by atoms with van der Waals surface area (Å²) in [6.07, 6.45) is 0.912. The third-order valence-electron chi connectivity index (χ3n) is 3.42. The molecular formula is C14H21N3O. The summed E-state index contributed by atoms with van der Waals surface area (Å²) in [6.45, 7) is 6.76. The second kappa shape index (κ2) is 4.88. The first-order valence-corrected chi connectivity index (χ1v) is 6.43. The molecule has 1 amide bonds. The molecule has 1 heterocycles. The van der Waals surface area contributed by atoms with E-state index >= 15 is 0 Å². The monoisotopic (exact) mass is 247 g/mol. The molecule has 1 atom stereocenters. The number of carbonyl (C=O) groups is 1. The van der Waals surface area contributed by atoms with Gasteiger partial charge < -0.3 is 16.0 Å². The van der Waals surface area contributed by atoms with E-state index in [1.165, 1.54) is 0 Å². The van der Waals surface area contributed by atoms with Gasteiger partial charge in [0, 0.05) is 12.1 Å². The molecular weight excluding hydrogens is 226 g/mol. The Kier molecular flexibility index (Phi) is 3.45. The quantitative estimate of drug-likeness (QED) is 0.767. The summed E-state index contributed by atoms with van der Waals surface area (Å²) in [6, 6.07) is 7.71. The number of rotatable bonds is 3. The highest BCUT2D eigenvalue weighted by molar-refractivity contribution is 5.89. The topological polar surface area (TPSA) is 53.2 Å². The van der Waals surface area contributed by atoms with Crippen molar-refractivity contribution < 1.29 is 4.79 Å². The molecule has 3 N–H and O–H groups in total. The maximum Gasteiger partial charge on any atom is 0.244 e. The van der Waals surface area contributed by atoms with E-state index in [0.717, 1.165) is 17.8 Å². The minimum Gasteiger partial charge on any atom is -0.381 e. The third-order valence-corrected chi connectivity index (χ3v) is 3.42. The van der Waals surface area contributed by atoms with E-state index in [1.54, 1.807) is 0 Å². The van der Waals surface area contributed by atoms with Crippen molar-refractivity contribution >= 4 is 17.3 Å². The number of amides is 1. The Hall–Kier alpha value is -1.71. The van der Waals surface area contributed by atoms with Crippen LogP contribution in [0.1, 0.15) is 27.2 Å². The number of carbonyl (C=O) groups excluding carboxylic acids is 1. The van der Waals surface area contributed by atoms with Crippen LogP contribution < -0.4 is 16.0 Å². The Labute approximate surface area is 108 Å². The lowest BCUT2D eigenvalue weighted by molar-refractivity contribution is -0.123. The van der Waals surface area contributed by atoms with Crippen LogP contribution in [0, 0.1) is 0 Å². The zero-order chi connectivity index (χ0) is 13.2. The van der Waals surface area contributed by atoms with Gasteiger partial charge >= 0.3 is 0 Å². The minimum atomic E-state index is -0.217. The van der Waals surface area contributed by atoms with Crippen molar-refractivity contribution in [2.75, 3.05) is 17.2 Å². The molecule has 0 radical (unpaired) electrons. The second-order valence-corrected chi connectivity index (χ2v) is 5.35. The van der Waals surface area contributed by atoms with E-state index in [2.05, 4.69) is 22.9 Å². The number of benzene rings is 1. The first kappa shape index (κ1) is 12.7. The average Bonchev–Trinajstić information content (AvgIpc) is 2.37. The fourth-order valence-electron chi connectivity index (χ4n) is 1.88. The fourth-order valence-corrected chi connectivity index (χ4v) is 1.88. The zero-order valence-electron chi connectivity index (χ0n) is 11.2. The summed E-state index contributed by atoms with van der Waals surface area (Å²) in [5.74, 6) is 0.0452. The Balaban J connectivity index is 2.03. The molecule has 1 aliphatic rings. The first-order chi connectivity index (χ1) is 8.52. The van der Waals surface area contributed by atoms with Crippen LogP contribution in [0.5, 0.6) is 0 Å². The molecule has 0 aliphatic carbocycles. The van der Waals surface area contributed by atoms with E-state index in [1.807, 2.05) is 38.1 Å². The van der Waals surface area contributed by atoms with Gasteiger partial charge in [0.25, 0.3) is 0 Å². The molecule has 1 unspecified atom stereocenters. The Morgan fingerprint density at radius 1 is 1.39 bits per heavy atom. The molecule has 0 bridgehead atoms. The molecule has 0 saturated heterocycles. The fraction of sp³-hybridized carbons (Fsp3) is 0.500. The van der Waals surface area contributed by atoms with Gasteiger partial charge in [0.05, 0.1) is 11.4 Å². The van der Waals surface area contributed by atoms with Gasteiger partial charge in [0.2, 0.25) is 5.91 Å². The molecule has 4 heteroatoms. The van der Waals surface area contributed by atoms with Gasteiger partial charge in [0.15, 0.2) is 0 Å². The van der Waals surface area contributed by atoms with Gasteiger partial charge in [-0.15, -0.1) is 0 Å². The van der Waals surface area contributed by atoms with Crippen molar-refractivity contribution in [3.05, 3.63) is 24.3 Å². The Bertz CT molecular complexity index is 442. The summed E-state index contributed by atoms with van der Waals surface area (Å²) in [5.41, 5.74) is 1.88. The molecule has 98 valence electrons. The summed E-state index contributed by atoms with van der Waals surface area (Å²) < 4.78 is 0. The predicted octanol–water partition coefficient (Wildman–Crippen LogP) is 2.20. The van der Waals surface area contributed by atoms with Gasteiger partial charge in [-0.05, 0) is 32.4 Å². The van der Waals surface area contributed by atoms with E-state index in [9.17, 15) is 4.79 Å². The summed E-state index contributed by atoms with van der Waals surface area (Å²) in [7, 11) is 0. The standard InChI is InChI=1S/C14H21N3O/c1-4-14(2,3)17-13(18)12-9-15-10-7-5-6-8-11(10)16-12/h5-8,12,15-16H,4,9H2,1-3H3,(H,17,18). The second-order valence-electron chi connectivity index (χ2n) is 5.35. The van der Waals surface area contributed by atoms with Crippen molar-refractivity contribution in [3.8, 4) is 0 Å². The van der Waals surface area contributed by atoms with Crippen LogP contribution in [0.15, 0.2) is 24.3 Å². The number of nitrogens with one attached hydrogen (secondary N) is 3. The van der Waals surface area contributed by atoms with Crippen LogP contribution in [-0.2, 0) is 4.79 Å². The van der Waals surface area contributed by atoms with E-state index < -0.39 is 0 Å². The largest absolute Gasteiger partial charge is 0.381 e.